The Bertz CT molecular complexity index is 194. The molecule has 14 heavy (non-hydrogen) atoms. The molecule has 3 rings (SSSR count). The van der Waals surface area contributed by atoms with Crippen molar-refractivity contribution in [1.29, 1.82) is 0 Å². The van der Waals surface area contributed by atoms with E-state index in [1.165, 1.54) is 61.3 Å². The van der Waals surface area contributed by atoms with Crippen molar-refractivity contribution in [2.75, 3.05) is 52.4 Å². The molecule has 0 aliphatic carbocycles. The molecule has 0 aromatic heterocycles. The van der Waals surface area contributed by atoms with Crippen molar-refractivity contribution in [3.8, 4) is 0 Å². The van der Waals surface area contributed by atoms with Gasteiger partial charge >= 0.3 is 0 Å². The molecule has 0 atom stereocenters. The van der Waals surface area contributed by atoms with E-state index in [4.69, 9.17) is 0 Å². The zero-order valence-corrected chi connectivity index (χ0v) is 9.12. The summed E-state index contributed by atoms with van der Waals surface area (Å²) < 4.78 is 2.61. The maximum atomic E-state index is 3.88. The van der Waals surface area contributed by atoms with Crippen molar-refractivity contribution in [1.82, 2.24) is 0 Å². The van der Waals surface area contributed by atoms with Crippen LogP contribution in [0.25, 0.3) is 0 Å². The van der Waals surface area contributed by atoms with Gasteiger partial charge in [-0.05, 0) is 12.2 Å². The van der Waals surface area contributed by atoms with Crippen LogP contribution in [0.2, 0.25) is 0 Å². The van der Waals surface area contributed by atoms with Gasteiger partial charge in [0, 0.05) is 0 Å². The fraction of sp³-hybridized carbons (Fsp3) is 0.667. The molecule has 3 aliphatic heterocycles. The van der Waals surface area contributed by atoms with Crippen LogP contribution in [-0.4, -0.2) is 61.3 Å². The first-order chi connectivity index (χ1) is 6.74. The van der Waals surface area contributed by atoms with Gasteiger partial charge < -0.3 is 8.97 Å². The minimum atomic E-state index is 1.17. The lowest BCUT2D eigenvalue weighted by atomic mass is 10.1. The highest BCUT2D eigenvalue weighted by molar-refractivity contribution is 4.74. The maximum absolute atomic E-state index is 3.88. The summed E-state index contributed by atoms with van der Waals surface area (Å²) in [7, 11) is 0. The normalized spacial score (nSPS) is 40.9. The van der Waals surface area contributed by atoms with E-state index in [-0.39, 0.29) is 0 Å². The lowest BCUT2D eigenvalue weighted by Crippen LogP contribution is -2.74. The molecule has 3 fully saturated rings. The lowest BCUT2D eigenvalue weighted by Gasteiger charge is -2.55. The molecule has 78 valence electrons. The van der Waals surface area contributed by atoms with Crippen molar-refractivity contribution in [2.24, 2.45) is 0 Å². The van der Waals surface area contributed by atoms with Crippen LogP contribution in [-0.2, 0) is 0 Å². The standard InChI is InChI=1S/C12H22N2/c1-3-5-13-7-10-14(6-4-2,11-8-13)12-9-13/h3-4H,1-2,5-12H2/q+2. The number of nitrogens with zero attached hydrogens (tertiary/aromatic N) is 2. The summed E-state index contributed by atoms with van der Waals surface area (Å²) in [6.07, 6.45) is 4.19. The Morgan fingerprint density at radius 1 is 0.714 bits per heavy atom. The molecular formula is C12H22N2+2. The van der Waals surface area contributed by atoms with Gasteiger partial charge in [0.2, 0.25) is 0 Å². The second kappa shape index (κ2) is 3.52. The van der Waals surface area contributed by atoms with Crippen LogP contribution in [0.4, 0.5) is 0 Å². The Hall–Kier alpha value is -0.600. The molecule has 0 saturated carbocycles. The van der Waals surface area contributed by atoms with E-state index in [1.54, 1.807) is 0 Å². The Morgan fingerprint density at radius 2 is 1.00 bits per heavy atom. The van der Waals surface area contributed by atoms with Crippen molar-refractivity contribution >= 4 is 0 Å². The lowest BCUT2D eigenvalue weighted by molar-refractivity contribution is -1.08. The number of fused-ring (bicyclic) bond motifs is 3. The van der Waals surface area contributed by atoms with Gasteiger partial charge in [0.1, 0.15) is 39.3 Å². The molecule has 3 heterocycles. The number of hydrogen-bond donors (Lipinski definition) is 0. The number of hydrogen-bond acceptors (Lipinski definition) is 0. The van der Waals surface area contributed by atoms with Crippen LogP contribution in [0.15, 0.2) is 25.3 Å². The third kappa shape index (κ3) is 1.53. The van der Waals surface area contributed by atoms with Crippen molar-refractivity contribution in [3.05, 3.63) is 25.3 Å². The van der Waals surface area contributed by atoms with E-state index in [2.05, 4.69) is 25.3 Å². The van der Waals surface area contributed by atoms with Crippen molar-refractivity contribution in [2.45, 2.75) is 0 Å². The third-order valence-electron chi connectivity index (χ3n) is 4.18. The van der Waals surface area contributed by atoms with Gasteiger partial charge in [0.25, 0.3) is 0 Å². The fourth-order valence-corrected chi connectivity index (χ4v) is 3.04. The highest BCUT2D eigenvalue weighted by atomic mass is 15.5. The first-order valence-electron chi connectivity index (χ1n) is 5.66. The van der Waals surface area contributed by atoms with Gasteiger partial charge in [0.05, 0.1) is 13.1 Å². The number of quaternary nitrogens is 2. The molecule has 2 heteroatoms. The molecule has 0 aromatic carbocycles. The Balaban J connectivity index is 2.04. The summed E-state index contributed by atoms with van der Waals surface area (Å²) >= 11 is 0. The summed E-state index contributed by atoms with van der Waals surface area (Å²) in [6.45, 7) is 18.2. The molecule has 2 bridgehead atoms. The molecular weight excluding hydrogens is 172 g/mol. The SMILES string of the molecule is C=CC[N+]12CC[N+](CC=C)(CC1)CC2. The summed E-state index contributed by atoms with van der Waals surface area (Å²) in [6, 6.07) is 0. The predicted molar refractivity (Wildman–Crippen MR) is 59.9 cm³/mol. The Labute approximate surface area is 87.3 Å². The van der Waals surface area contributed by atoms with Gasteiger partial charge in [-0.1, -0.05) is 13.2 Å². The fourth-order valence-electron chi connectivity index (χ4n) is 3.04. The van der Waals surface area contributed by atoms with E-state index in [1.807, 2.05) is 0 Å². The smallest absolute Gasteiger partial charge is 0.129 e. The van der Waals surface area contributed by atoms with Crippen LogP contribution in [0.1, 0.15) is 0 Å². The van der Waals surface area contributed by atoms with Crippen LogP contribution in [0.5, 0.6) is 0 Å². The van der Waals surface area contributed by atoms with Gasteiger partial charge in [-0.15, -0.1) is 0 Å². The largest absolute Gasteiger partial charge is 0.306 e. The minimum Gasteiger partial charge on any atom is -0.306 e. The van der Waals surface area contributed by atoms with E-state index in [9.17, 15) is 0 Å². The van der Waals surface area contributed by atoms with Crippen molar-refractivity contribution in [3.63, 3.8) is 0 Å². The number of piperazine rings is 3. The zero-order chi connectivity index (χ0) is 10.1. The maximum Gasteiger partial charge on any atom is 0.129 e. The second-order valence-electron chi connectivity index (χ2n) is 4.97. The summed E-state index contributed by atoms with van der Waals surface area (Å²) in [4.78, 5) is 0. The van der Waals surface area contributed by atoms with Crippen LogP contribution >= 0.6 is 0 Å². The van der Waals surface area contributed by atoms with E-state index in [0.717, 1.165) is 0 Å². The molecule has 0 radical (unpaired) electrons. The first-order valence-corrected chi connectivity index (χ1v) is 5.66. The monoisotopic (exact) mass is 194 g/mol. The summed E-state index contributed by atoms with van der Waals surface area (Å²) in [5.74, 6) is 0. The molecule has 3 saturated heterocycles. The third-order valence-corrected chi connectivity index (χ3v) is 4.18. The van der Waals surface area contributed by atoms with Crippen LogP contribution < -0.4 is 0 Å². The number of rotatable bonds is 4. The average Bonchev–Trinajstić information content (AvgIpc) is 2.22. The minimum absolute atomic E-state index is 1.17. The summed E-state index contributed by atoms with van der Waals surface area (Å²) in [5.41, 5.74) is 0. The van der Waals surface area contributed by atoms with Gasteiger partial charge in [0.15, 0.2) is 0 Å². The molecule has 0 amide bonds. The molecule has 2 nitrogen and oxygen atoms in total. The van der Waals surface area contributed by atoms with Gasteiger partial charge in [-0.2, -0.15) is 0 Å². The van der Waals surface area contributed by atoms with Gasteiger partial charge in [-0.3, -0.25) is 0 Å². The Kier molecular flexibility index (Phi) is 2.50. The highest BCUT2D eigenvalue weighted by Crippen LogP contribution is 2.26. The molecule has 0 N–H and O–H groups in total. The Morgan fingerprint density at radius 3 is 1.21 bits per heavy atom. The molecule has 0 spiro atoms. The second-order valence-corrected chi connectivity index (χ2v) is 4.97. The van der Waals surface area contributed by atoms with E-state index >= 15 is 0 Å². The quantitative estimate of drug-likeness (QED) is 0.463. The van der Waals surface area contributed by atoms with Crippen molar-refractivity contribution < 1.29 is 8.97 Å². The molecule has 3 aliphatic rings. The topological polar surface area (TPSA) is 0 Å². The molecule has 0 aromatic rings. The zero-order valence-electron chi connectivity index (χ0n) is 9.12. The van der Waals surface area contributed by atoms with Crippen LogP contribution in [0.3, 0.4) is 0 Å². The summed E-state index contributed by atoms with van der Waals surface area (Å²) in [5, 5.41) is 0. The average molecular weight is 194 g/mol. The van der Waals surface area contributed by atoms with E-state index in [0.29, 0.717) is 0 Å². The van der Waals surface area contributed by atoms with Gasteiger partial charge in [-0.25, -0.2) is 0 Å². The van der Waals surface area contributed by atoms with Crippen LogP contribution in [0, 0.1) is 0 Å². The van der Waals surface area contributed by atoms with E-state index < -0.39 is 0 Å². The highest BCUT2D eigenvalue weighted by Gasteiger charge is 2.47. The molecule has 0 unspecified atom stereocenters. The first kappa shape index (κ1) is 9.94. The predicted octanol–water partition coefficient (Wildman–Crippen LogP) is 1.02.